The van der Waals surface area contributed by atoms with Crippen molar-refractivity contribution in [3.63, 3.8) is 0 Å². The molecule has 0 unspecified atom stereocenters. The van der Waals surface area contributed by atoms with Crippen LogP contribution >= 0.6 is 0 Å². The van der Waals surface area contributed by atoms with Crippen LogP contribution in [0.4, 0.5) is 11.4 Å². The molecule has 0 aliphatic carbocycles. The number of anilines is 2. The highest BCUT2D eigenvalue weighted by molar-refractivity contribution is 6.00. The summed E-state index contributed by atoms with van der Waals surface area (Å²) in [6.45, 7) is 0.770. The van der Waals surface area contributed by atoms with Crippen molar-refractivity contribution in [3.8, 4) is 0 Å². The van der Waals surface area contributed by atoms with E-state index in [1.165, 1.54) is 6.07 Å². The van der Waals surface area contributed by atoms with Crippen LogP contribution in [0.5, 0.6) is 0 Å². The maximum absolute atomic E-state index is 11.9. The smallest absolute Gasteiger partial charge is 0.253 e. The van der Waals surface area contributed by atoms with Gasteiger partial charge in [0.05, 0.1) is 25.4 Å². The summed E-state index contributed by atoms with van der Waals surface area (Å²) < 4.78 is 0. The van der Waals surface area contributed by atoms with Crippen LogP contribution in [0.15, 0.2) is 18.2 Å². The van der Waals surface area contributed by atoms with E-state index in [0.717, 1.165) is 0 Å². The highest BCUT2D eigenvalue weighted by Crippen LogP contribution is 2.23. The number of aliphatic hydroxyl groups is 3. The van der Waals surface area contributed by atoms with Gasteiger partial charge in [0.2, 0.25) is 0 Å². The van der Waals surface area contributed by atoms with Gasteiger partial charge in [0.15, 0.2) is 0 Å². The fourth-order valence-electron chi connectivity index (χ4n) is 1.67. The molecule has 1 aromatic carbocycles. The Morgan fingerprint density at radius 2 is 1.85 bits per heavy atom. The van der Waals surface area contributed by atoms with Gasteiger partial charge in [0, 0.05) is 17.9 Å². The average Bonchev–Trinajstić information content (AvgIpc) is 2.45. The number of benzene rings is 1. The molecule has 7 heteroatoms. The van der Waals surface area contributed by atoms with Gasteiger partial charge >= 0.3 is 0 Å². The average molecular weight is 283 g/mol. The lowest BCUT2D eigenvalue weighted by Crippen LogP contribution is -2.49. The van der Waals surface area contributed by atoms with E-state index in [1.807, 2.05) is 0 Å². The van der Waals surface area contributed by atoms with Crippen LogP contribution in [0.1, 0.15) is 17.3 Å². The molecule has 112 valence electrons. The summed E-state index contributed by atoms with van der Waals surface area (Å²) in [5.74, 6) is -0.308. The molecule has 1 rings (SSSR count). The van der Waals surface area contributed by atoms with E-state index in [9.17, 15) is 20.1 Å². The van der Waals surface area contributed by atoms with E-state index in [0.29, 0.717) is 23.5 Å². The summed E-state index contributed by atoms with van der Waals surface area (Å²) >= 11 is 0. The first-order valence-corrected chi connectivity index (χ1v) is 6.30. The minimum Gasteiger partial charge on any atom is -0.399 e. The summed E-state index contributed by atoms with van der Waals surface area (Å²) in [5, 5.41) is 33.4. The van der Waals surface area contributed by atoms with E-state index in [4.69, 9.17) is 5.73 Å². The van der Waals surface area contributed by atoms with Crippen molar-refractivity contribution in [3.05, 3.63) is 23.8 Å². The predicted molar refractivity (Wildman–Crippen MR) is 76.5 cm³/mol. The molecular formula is C13H21N3O4. The molecule has 20 heavy (non-hydrogen) atoms. The first-order valence-electron chi connectivity index (χ1n) is 6.30. The number of nitrogens with two attached hydrogens (primary N) is 1. The van der Waals surface area contributed by atoms with Gasteiger partial charge in [-0.2, -0.15) is 0 Å². The molecular weight excluding hydrogens is 262 g/mol. The summed E-state index contributed by atoms with van der Waals surface area (Å²) in [6, 6.07) is 4.63. The molecule has 0 atom stereocenters. The van der Waals surface area contributed by atoms with Gasteiger partial charge in [-0.15, -0.1) is 0 Å². The zero-order valence-corrected chi connectivity index (χ0v) is 11.4. The Hall–Kier alpha value is -1.83. The van der Waals surface area contributed by atoms with Gasteiger partial charge < -0.3 is 31.7 Å². The fraction of sp³-hybridized carbons (Fsp3) is 0.462. The van der Waals surface area contributed by atoms with Crippen molar-refractivity contribution < 1.29 is 20.1 Å². The Labute approximate surface area is 117 Å². The second-order valence-corrected chi connectivity index (χ2v) is 4.54. The number of nitrogens with one attached hydrogen (secondary N) is 2. The quantitative estimate of drug-likeness (QED) is 0.362. The molecule has 0 bridgehead atoms. The number of carbonyl (C=O) groups excluding carboxylic acids is 1. The molecule has 0 aliphatic heterocycles. The molecule has 0 heterocycles. The monoisotopic (exact) mass is 283 g/mol. The molecule has 1 aromatic rings. The lowest BCUT2D eigenvalue weighted by molar-refractivity contribution is 0.0829. The first kappa shape index (κ1) is 16.2. The lowest BCUT2D eigenvalue weighted by Gasteiger charge is -2.30. The van der Waals surface area contributed by atoms with E-state index >= 15 is 0 Å². The van der Waals surface area contributed by atoms with Crippen LogP contribution in [-0.2, 0) is 0 Å². The van der Waals surface area contributed by atoms with Crippen LogP contribution in [0.2, 0.25) is 0 Å². The minimum atomic E-state index is -1.32. The normalized spacial score (nSPS) is 11.2. The van der Waals surface area contributed by atoms with Crippen molar-refractivity contribution in [2.45, 2.75) is 12.5 Å². The van der Waals surface area contributed by atoms with E-state index in [2.05, 4.69) is 10.6 Å². The van der Waals surface area contributed by atoms with Gasteiger partial charge in [-0.3, -0.25) is 4.79 Å². The van der Waals surface area contributed by atoms with E-state index in [1.54, 1.807) is 19.1 Å². The minimum absolute atomic E-state index is 0.308. The lowest BCUT2D eigenvalue weighted by atomic mass is 10.0. The van der Waals surface area contributed by atoms with Crippen molar-refractivity contribution in [2.24, 2.45) is 0 Å². The summed E-state index contributed by atoms with van der Waals surface area (Å²) in [7, 11) is 0. The maximum Gasteiger partial charge on any atom is 0.253 e. The third-order valence-corrected chi connectivity index (χ3v) is 2.93. The van der Waals surface area contributed by atoms with Gasteiger partial charge in [-0.1, -0.05) is 0 Å². The van der Waals surface area contributed by atoms with Gasteiger partial charge in [-0.25, -0.2) is 0 Å². The van der Waals surface area contributed by atoms with Gasteiger partial charge in [-0.05, 0) is 25.1 Å². The SMILES string of the molecule is CCNC(=O)c1ccc(N)cc1NC(CO)(CO)CO. The number of aliphatic hydroxyl groups excluding tert-OH is 3. The Bertz CT molecular complexity index is 453. The largest absolute Gasteiger partial charge is 0.399 e. The molecule has 1 amide bonds. The summed E-state index contributed by atoms with van der Waals surface area (Å²) in [6.07, 6.45) is 0. The Balaban J connectivity index is 3.15. The highest BCUT2D eigenvalue weighted by atomic mass is 16.3. The molecule has 0 spiro atoms. The van der Waals surface area contributed by atoms with E-state index < -0.39 is 25.4 Å². The van der Waals surface area contributed by atoms with Crippen molar-refractivity contribution in [1.82, 2.24) is 5.32 Å². The molecule has 7 N–H and O–H groups in total. The molecule has 7 nitrogen and oxygen atoms in total. The van der Waals surface area contributed by atoms with Crippen LogP contribution < -0.4 is 16.4 Å². The van der Waals surface area contributed by atoms with Crippen molar-refractivity contribution in [2.75, 3.05) is 37.4 Å². The number of carbonyl (C=O) groups is 1. The number of rotatable bonds is 7. The molecule has 0 aliphatic rings. The second-order valence-electron chi connectivity index (χ2n) is 4.54. The molecule has 0 saturated heterocycles. The number of hydrogen-bond acceptors (Lipinski definition) is 6. The zero-order chi connectivity index (χ0) is 15.2. The van der Waals surface area contributed by atoms with Crippen molar-refractivity contribution >= 4 is 17.3 Å². The highest BCUT2D eigenvalue weighted by Gasteiger charge is 2.29. The number of amides is 1. The fourth-order valence-corrected chi connectivity index (χ4v) is 1.67. The van der Waals surface area contributed by atoms with E-state index in [-0.39, 0.29) is 5.91 Å². The summed E-state index contributed by atoms with van der Waals surface area (Å²) in [4.78, 5) is 11.9. The van der Waals surface area contributed by atoms with Crippen LogP contribution in [0.3, 0.4) is 0 Å². The number of nitrogen functional groups attached to an aromatic ring is 1. The second kappa shape index (κ2) is 7.09. The summed E-state index contributed by atoms with van der Waals surface area (Å²) in [5.41, 5.74) is 5.44. The Kier molecular flexibility index (Phi) is 5.75. The van der Waals surface area contributed by atoms with Crippen LogP contribution in [-0.4, -0.2) is 53.1 Å². The Morgan fingerprint density at radius 3 is 2.35 bits per heavy atom. The zero-order valence-electron chi connectivity index (χ0n) is 11.4. The standard InChI is InChI=1S/C13H21N3O4/c1-2-15-12(20)10-4-3-9(14)5-11(10)16-13(6-17,7-18)8-19/h3-5,16-19H,2,6-8,14H2,1H3,(H,15,20). The molecule has 0 saturated carbocycles. The van der Waals surface area contributed by atoms with Crippen LogP contribution in [0.25, 0.3) is 0 Å². The topological polar surface area (TPSA) is 128 Å². The third kappa shape index (κ3) is 3.60. The van der Waals surface area contributed by atoms with Crippen LogP contribution in [0, 0.1) is 0 Å². The maximum atomic E-state index is 11.9. The number of hydrogen-bond donors (Lipinski definition) is 6. The van der Waals surface area contributed by atoms with Crippen molar-refractivity contribution in [1.29, 1.82) is 0 Å². The Morgan fingerprint density at radius 1 is 1.25 bits per heavy atom. The molecule has 0 radical (unpaired) electrons. The third-order valence-electron chi connectivity index (χ3n) is 2.93. The predicted octanol–water partition coefficient (Wildman–Crippen LogP) is -0.854. The van der Waals surface area contributed by atoms with Gasteiger partial charge in [0.1, 0.15) is 5.54 Å². The van der Waals surface area contributed by atoms with Gasteiger partial charge in [0.25, 0.3) is 5.91 Å². The first-order chi connectivity index (χ1) is 9.51. The molecule has 0 aromatic heterocycles. The molecule has 0 fully saturated rings.